The van der Waals surface area contributed by atoms with E-state index in [4.69, 9.17) is 4.74 Å². The van der Waals surface area contributed by atoms with E-state index in [0.29, 0.717) is 5.69 Å². The first-order valence-electron chi connectivity index (χ1n) is 8.98. The van der Waals surface area contributed by atoms with E-state index in [2.05, 4.69) is 26.2 Å². The molecule has 1 N–H and O–H groups in total. The monoisotopic (exact) mass is 346 g/mol. The third kappa shape index (κ3) is 4.72. The average Bonchev–Trinajstić information content (AvgIpc) is 2.67. The van der Waals surface area contributed by atoms with Crippen LogP contribution in [0.5, 0.6) is 0 Å². The third-order valence-corrected chi connectivity index (χ3v) is 4.77. The summed E-state index contributed by atoms with van der Waals surface area (Å²) in [5.74, 6) is 0.782. The van der Waals surface area contributed by atoms with Crippen LogP contribution in [0.2, 0.25) is 0 Å². The van der Waals surface area contributed by atoms with Crippen LogP contribution in [0.1, 0.15) is 12.8 Å². The summed E-state index contributed by atoms with van der Waals surface area (Å²) in [6, 6.07) is 6.98. The molecule has 2 aliphatic rings. The first kappa shape index (κ1) is 17.7. The van der Waals surface area contributed by atoms with Gasteiger partial charge < -0.3 is 19.9 Å². The molecule has 136 valence electrons. The van der Waals surface area contributed by atoms with E-state index < -0.39 is 0 Å². The van der Waals surface area contributed by atoms with Crippen LogP contribution in [-0.4, -0.2) is 63.8 Å². The van der Waals surface area contributed by atoms with Gasteiger partial charge in [0.15, 0.2) is 5.96 Å². The fourth-order valence-electron chi connectivity index (χ4n) is 3.33. The van der Waals surface area contributed by atoms with Crippen molar-refractivity contribution in [2.75, 3.05) is 57.9 Å². The second-order valence-electron chi connectivity index (χ2n) is 6.34. The zero-order valence-electron chi connectivity index (χ0n) is 14.9. The van der Waals surface area contributed by atoms with Gasteiger partial charge >= 0.3 is 0 Å². The predicted octanol–water partition coefficient (Wildman–Crippen LogP) is 2.26. The molecule has 5 nitrogen and oxygen atoms in total. The Morgan fingerprint density at radius 2 is 2.04 bits per heavy atom. The number of ether oxygens (including phenoxy) is 1. The number of hydrogen-bond donors (Lipinski definition) is 1. The molecule has 6 heteroatoms. The van der Waals surface area contributed by atoms with Crippen molar-refractivity contribution in [3.05, 3.63) is 41.7 Å². The molecule has 0 aromatic heterocycles. The number of guanidine groups is 1. The van der Waals surface area contributed by atoms with Gasteiger partial charge in [-0.05, 0) is 25.0 Å². The normalized spacial score (nSPS) is 19.0. The molecule has 0 radical (unpaired) electrons. The molecule has 1 aromatic rings. The van der Waals surface area contributed by atoms with Crippen LogP contribution in [0.4, 0.5) is 10.1 Å². The number of halogens is 1. The largest absolute Gasteiger partial charge is 0.377 e. The van der Waals surface area contributed by atoms with E-state index in [1.165, 1.54) is 11.6 Å². The Bertz CT molecular complexity index is 624. The van der Waals surface area contributed by atoms with Crippen LogP contribution >= 0.6 is 0 Å². The Morgan fingerprint density at radius 3 is 2.72 bits per heavy atom. The molecule has 0 unspecified atom stereocenters. The van der Waals surface area contributed by atoms with E-state index in [1.54, 1.807) is 6.07 Å². The zero-order chi connectivity index (χ0) is 17.5. The maximum atomic E-state index is 13.9. The van der Waals surface area contributed by atoms with Crippen LogP contribution in [-0.2, 0) is 4.74 Å². The predicted molar refractivity (Wildman–Crippen MR) is 99.7 cm³/mol. The molecule has 1 saturated heterocycles. The Hall–Kier alpha value is -2.08. The number of aliphatic imine (C=N–C) groups is 1. The van der Waals surface area contributed by atoms with Crippen molar-refractivity contribution in [1.29, 1.82) is 0 Å². The Kier molecular flexibility index (Phi) is 6.28. The van der Waals surface area contributed by atoms with Crippen LogP contribution in [0.25, 0.3) is 0 Å². The van der Waals surface area contributed by atoms with Crippen molar-refractivity contribution < 1.29 is 9.13 Å². The van der Waals surface area contributed by atoms with E-state index in [-0.39, 0.29) is 5.82 Å². The SMILES string of the molecule is CN=C(NCCC1=CCOCC1)N1CCN(c2ccccc2F)CC1. The molecule has 25 heavy (non-hydrogen) atoms. The molecule has 0 amide bonds. The standard InChI is InChI=1S/C19H27FN4O/c1-21-19(22-9-6-16-7-14-25-15-8-16)24-12-10-23(11-13-24)18-5-3-2-4-17(18)20/h2-5,7H,6,8-15H2,1H3,(H,21,22). The van der Waals surface area contributed by atoms with E-state index in [9.17, 15) is 4.39 Å². The minimum absolute atomic E-state index is 0.150. The topological polar surface area (TPSA) is 40.1 Å². The highest BCUT2D eigenvalue weighted by molar-refractivity contribution is 5.80. The number of nitrogens with one attached hydrogen (secondary N) is 1. The van der Waals surface area contributed by atoms with Gasteiger partial charge in [0.05, 0.1) is 18.9 Å². The summed E-state index contributed by atoms with van der Waals surface area (Å²) >= 11 is 0. The maximum absolute atomic E-state index is 13.9. The van der Waals surface area contributed by atoms with Crippen LogP contribution < -0.4 is 10.2 Å². The number of anilines is 1. The highest BCUT2D eigenvalue weighted by Gasteiger charge is 2.21. The lowest BCUT2D eigenvalue weighted by molar-refractivity contribution is 0.153. The third-order valence-electron chi connectivity index (χ3n) is 4.77. The van der Waals surface area contributed by atoms with Gasteiger partial charge in [0.1, 0.15) is 5.82 Å². The molecule has 1 fully saturated rings. The van der Waals surface area contributed by atoms with Gasteiger partial charge in [0, 0.05) is 39.8 Å². The summed E-state index contributed by atoms with van der Waals surface area (Å²) in [5.41, 5.74) is 2.15. The second kappa shape index (κ2) is 8.85. The van der Waals surface area contributed by atoms with Gasteiger partial charge in [-0.1, -0.05) is 23.8 Å². The van der Waals surface area contributed by atoms with Gasteiger partial charge in [-0.2, -0.15) is 0 Å². The molecule has 0 saturated carbocycles. The molecule has 2 aliphatic heterocycles. The van der Waals surface area contributed by atoms with Crippen molar-refractivity contribution in [3.63, 3.8) is 0 Å². The van der Waals surface area contributed by atoms with Crippen LogP contribution in [0, 0.1) is 5.82 Å². The molecular formula is C19H27FN4O. The highest BCUT2D eigenvalue weighted by Crippen LogP contribution is 2.20. The van der Waals surface area contributed by atoms with Gasteiger partial charge in [-0.3, -0.25) is 4.99 Å². The smallest absolute Gasteiger partial charge is 0.193 e. The summed E-state index contributed by atoms with van der Waals surface area (Å²) in [6.07, 6.45) is 4.24. The number of rotatable bonds is 4. The zero-order valence-corrected chi connectivity index (χ0v) is 14.9. The van der Waals surface area contributed by atoms with Gasteiger partial charge in [0.25, 0.3) is 0 Å². The number of para-hydroxylation sites is 1. The highest BCUT2D eigenvalue weighted by atomic mass is 19.1. The minimum Gasteiger partial charge on any atom is -0.377 e. The first-order chi connectivity index (χ1) is 12.3. The molecule has 0 spiro atoms. The van der Waals surface area contributed by atoms with Gasteiger partial charge in [-0.25, -0.2) is 4.39 Å². The van der Waals surface area contributed by atoms with Gasteiger partial charge in [0.2, 0.25) is 0 Å². The average molecular weight is 346 g/mol. The minimum atomic E-state index is -0.150. The lowest BCUT2D eigenvalue weighted by Gasteiger charge is -2.37. The second-order valence-corrected chi connectivity index (χ2v) is 6.34. The summed E-state index contributed by atoms with van der Waals surface area (Å²) in [5, 5.41) is 3.45. The molecular weight excluding hydrogens is 319 g/mol. The summed E-state index contributed by atoms with van der Waals surface area (Å²) < 4.78 is 19.3. The van der Waals surface area contributed by atoms with Crippen molar-refractivity contribution >= 4 is 11.6 Å². The number of hydrogen-bond acceptors (Lipinski definition) is 3. The Balaban J connectivity index is 1.47. The maximum Gasteiger partial charge on any atom is 0.193 e. The van der Waals surface area contributed by atoms with E-state index >= 15 is 0 Å². The van der Waals surface area contributed by atoms with Crippen molar-refractivity contribution in [3.8, 4) is 0 Å². The van der Waals surface area contributed by atoms with E-state index in [0.717, 1.165) is 64.7 Å². The summed E-state index contributed by atoms with van der Waals surface area (Å²) in [7, 11) is 1.82. The molecule has 2 heterocycles. The fraction of sp³-hybridized carbons (Fsp3) is 0.526. The van der Waals surface area contributed by atoms with Crippen molar-refractivity contribution in [2.24, 2.45) is 4.99 Å². The molecule has 0 aliphatic carbocycles. The summed E-state index contributed by atoms with van der Waals surface area (Å²) in [4.78, 5) is 8.75. The quantitative estimate of drug-likeness (QED) is 0.516. The fourth-order valence-corrected chi connectivity index (χ4v) is 3.33. The Morgan fingerprint density at radius 1 is 1.24 bits per heavy atom. The molecule has 3 rings (SSSR count). The molecule has 1 aromatic carbocycles. The first-order valence-corrected chi connectivity index (χ1v) is 8.98. The number of piperazine rings is 1. The molecule has 0 atom stereocenters. The lowest BCUT2D eigenvalue weighted by atomic mass is 10.1. The van der Waals surface area contributed by atoms with Gasteiger partial charge in [-0.15, -0.1) is 0 Å². The van der Waals surface area contributed by atoms with Crippen LogP contribution in [0.3, 0.4) is 0 Å². The summed E-state index contributed by atoms with van der Waals surface area (Å²) in [6.45, 7) is 5.72. The Labute approximate surface area is 149 Å². The van der Waals surface area contributed by atoms with E-state index in [1.807, 2.05) is 19.2 Å². The number of nitrogens with zero attached hydrogens (tertiary/aromatic N) is 3. The van der Waals surface area contributed by atoms with Crippen molar-refractivity contribution in [1.82, 2.24) is 10.2 Å². The van der Waals surface area contributed by atoms with Crippen LogP contribution in [0.15, 0.2) is 40.9 Å². The van der Waals surface area contributed by atoms with Crippen molar-refractivity contribution in [2.45, 2.75) is 12.8 Å². The number of benzene rings is 1. The molecule has 0 bridgehead atoms. The lowest BCUT2D eigenvalue weighted by Crippen LogP contribution is -2.52.